The van der Waals surface area contributed by atoms with Gasteiger partial charge in [0.15, 0.2) is 6.61 Å². The summed E-state index contributed by atoms with van der Waals surface area (Å²) in [4.78, 5) is 25.7. The molecule has 1 N–H and O–H groups in total. The molecule has 7 heteroatoms. The van der Waals surface area contributed by atoms with E-state index in [1.54, 1.807) is 23.5 Å². The van der Waals surface area contributed by atoms with Crippen molar-refractivity contribution in [3.8, 4) is 0 Å². The van der Waals surface area contributed by atoms with Crippen molar-refractivity contribution >= 4 is 50.5 Å². The molecule has 0 saturated carbocycles. The van der Waals surface area contributed by atoms with E-state index in [0.717, 1.165) is 14.2 Å². The van der Waals surface area contributed by atoms with Gasteiger partial charge in [0, 0.05) is 4.88 Å². The molecule has 128 valence electrons. The SMILES string of the molecule is O=C(COC(=O)c1ccc(Br)s1)NC(c1ccccc1)c1cccs1. The van der Waals surface area contributed by atoms with Crippen LogP contribution in [0.25, 0.3) is 0 Å². The minimum absolute atomic E-state index is 0.261. The third-order valence-electron chi connectivity index (χ3n) is 3.37. The van der Waals surface area contributed by atoms with Gasteiger partial charge in [-0.1, -0.05) is 36.4 Å². The molecule has 2 heterocycles. The van der Waals surface area contributed by atoms with Gasteiger partial charge in [-0.25, -0.2) is 4.79 Å². The molecule has 0 fully saturated rings. The van der Waals surface area contributed by atoms with Gasteiger partial charge in [0.1, 0.15) is 4.88 Å². The highest BCUT2D eigenvalue weighted by molar-refractivity contribution is 9.11. The van der Waals surface area contributed by atoms with Gasteiger partial charge in [0.25, 0.3) is 5.91 Å². The Kier molecular flexibility index (Phi) is 6.01. The molecule has 0 bridgehead atoms. The van der Waals surface area contributed by atoms with Crippen molar-refractivity contribution in [2.75, 3.05) is 6.61 Å². The van der Waals surface area contributed by atoms with Crippen molar-refractivity contribution in [2.24, 2.45) is 0 Å². The number of halogens is 1. The maximum absolute atomic E-state index is 12.3. The number of carbonyl (C=O) groups excluding carboxylic acids is 2. The van der Waals surface area contributed by atoms with Crippen molar-refractivity contribution in [3.63, 3.8) is 0 Å². The Morgan fingerprint density at radius 1 is 1.08 bits per heavy atom. The normalized spacial score (nSPS) is 11.7. The Morgan fingerprint density at radius 2 is 1.88 bits per heavy atom. The van der Waals surface area contributed by atoms with E-state index >= 15 is 0 Å². The fraction of sp³-hybridized carbons (Fsp3) is 0.111. The molecule has 0 spiro atoms. The Morgan fingerprint density at radius 3 is 2.52 bits per heavy atom. The van der Waals surface area contributed by atoms with Gasteiger partial charge in [-0.3, -0.25) is 4.79 Å². The van der Waals surface area contributed by atoms with Gasteiger partial charge in [-0.15, -0.1) is 22.7 Å². The van der Waals surface area contributed by atoms with Crippen molar-refractivity contribution in [1.82, 2.24) is 5.32 Å². The van der Waals surface area contributed by atoms with E-state index < -0.39 is 5.97 Å². The second-order valence-electron chi connectivity index (χ2n) is 5.11. The summed E-state index contributed by atoms with van der Waals surface area (Å²) >= 11 is 6.13. The van der Waals surface area contributed by atoms with Crippen LogP contribution in [0.5, 0.6) is 0 Å². The predicted octanol–water partition coefficient (Wildman–Crippen LogP) is 4.63. The first-order valence-electron chi connectivity index (χ1n) is 7.43. The van der Waals surface area contributed by atoms with Crippen molar-refractivity contribution in [2.45, 2.75) is 6.04 Å². The minimum Gasteiger partial charge on any atom is -0.451 e. The standard InChI is InChI=1S/C18H14BrNO3S2/c19-15-9-8-14(25-15)18(22)23-11-16(21)20-17(13-7-4-10-24-13)12-5-2-1-3-6-12/h1-10,17H,11H2,(H,20,21). The van der Waals surface area contributed by atoms with E-state index in [-0.39, 0.29) is 18.6 Å². The summed E-state index contributed by atoms with van der Waals surface area (Å²) in [6.45, 7) is -0.316. The molecule has 3 aromatic rings. The number of carbonyl (C=O) groups is 2. The molecule has 3 rings (SSSR count). The Balaban J connectivity index is 1.64. The molecule has 25 heavy (non-hydrogen) atoms. The summed E-state index contributed by atoms with van der Waals surface area (Å²) in [7, 11) is 0. The number of amides is 1. The first-order valence-corrected chi connectivity index (χ1v) is 9.92. The summed E-state index contributed by atoms with van der Waals surface area (Å²) in [5, 5.41) is 4.90. The number of thiophene rings is 2. The largest absolute Gasteiger partial charge is 0.451 e. The van der Waals surface area contributed by atoms with Gasteiger partial charge in [0.2, 0.25) is 0 Å². The number of hydrogen-bond donors (Lipinski definition) is 1. The van der Waals surface area contributed by atoms with Gasteiger partial charge in [-0.2, -0.15) is 0 Å². The zero-order chi connectivity index (χ0) is 17.6. The highest BCUT2D eigenvalue weighted by Gasteiger charge is 2.19. The molecule has 0 aliphatic rings. The molecule has 4 nitrogen and oxygen atoms in total. The van der Waals surface area contributed by atoms with Crippen LogP contribution in [0, 0.1) is 0 Å². The van der Waals surface area contributed by atoms with E-state index in [0.29, 0.717) is 4.88 Å². The van der Waals surface area contributed by atoms with Crippen molar-refractivity contribution in [1.29, 1.82) is 0 Å². The molecule has 1 unspecified atom stereocenters. The van der Waals surface area contributed by atoms with Gasteiger partial charge in [-0.05, 0) is 45.1 Å². The Labute approximate surface area is 161 Å². The molecule has 0 saturated heterocycles. The first kappa shape index (κ1) is 17.8. The maximum Gasteiger partial charge on any atom is 0.348 e. The van der Waals surface area contributed by atoms with Crippen LogP contribution in [0.1, 0.15) is 26.2 Å². The summed E-state index contributed by atoms with van der Waals surface area (Å²) < 4.78 is 5.94. The molecule has 2 aromatic heterocycles. The van der Waals surface area contributed by atoms with Gasteiger partial charge >= 0.3 is 5.97 Å². The van der Waals surface area contributed by atoms with E-state index in [9.17, 15) is 9.59 Å². The van der Waals surface area contributed by atoms with Crippen LogP contribution in [-0.2, 0) is 9.53 Å². The van der Waals surface area contributed by atoms with Crippen molar-refractivity contribution < 1.29 is 14.3 Å². The highest BCUT2D eigenvalue weighted by Crippen LogP contribution is 2.26. The number of hydrogen-bond acceptors (Lipinski definition) is 5. The van der Waals surface area contributed by atoms with E-state index in [4.69, 9.17) is 4.74 Å². The van der Waals surface area contributed by atoms with Crippen LogP contribution in [-0.4, -0.2) is 18.5 Å². The average Bonchev–Trinajstić information content (AvgIpc) is 3.30. The molecule has 0 radical (unpaired) electrons. The van der Waals surface area contributed by atoms with Crippen LogP contribution in [0.15, 0.2) is 63.8 Å². The van der Waals surface area contributed by atoms with E-state index in [1.165, 1.54) is 11.3 Å². The molecule has 0 aliphatic carbocycles. The lowest BCUT2D eigenvalue weighted by Gasteiger charge is -2.18. The fourth-order valence-corrected chi connectivity index (χ4v) is 4.33. The third-order valence-corrected chi connectivity index (χ3v) is 5.92. The fourth-order valence-electron chi connectivity index (χ4n) is 2.25. The van der Waals surface area contributed by atoms with E-state index in [1.807, 2.05) is 47.8 Å². The lowest BCUT2D eigenvalue weighted by molar-refractivity contribution is -0.124. The third kappa shape index (κ3) is 4.78. The van der Waals surface area contributed by atoms with Gasteiger partial charge in [0.05, 0.1) is 9.83 Å². The van der Waals surface area contributed by atoms with Crippen LogP contribution in [0.2, 0.25) is 0 Å². The minimum atomic E-state index is -0.502. The summed E-state index contributed by atoms with van der Waals surface area (Å²) in [6.07, 6.45) is 0. The molecule has 1 atom stereocenters. The molecule has 1 amide bonds. The number of rotatable bonds is 6. The summed E-state index contributed by atoms with van der Waals surface area (Å²) in [5.41, 5.74) is 0.979. The van der Waals surface area contributed by atoms with Gasteiger partial charge < -0.3 is 10.1 Å². The molecular weight excluding hydrogens is 422 g/mol. The molecule has 0 aliphatic heterocycles. The zero-order valence-electron chi connectivity index (χ0n) is 13.0. The predicted molar refractivity (Wildman–Crippen MR) is 103 cm³/mol. The van der Waals surface area contributed by atoms with Crippen LogP contribution in [0.4, 0.5) is 0 Å². The smallest absolute Gasteiger partial charge is 0.348 e. The number of esters is 1. The van der Waals surface area contributed by atoms with Crippen LogP contribution < -0.4 is 5.32 Å². The summed E-state index contributed by atoms with van der Waals surface area (Å²) in [5.74, 6) is -0.843. The summed E-state index contributed by atoms with van der Waals surface area (Å²) in [6, 6.07) is 16.8. The monoisotopic (exact) mass is 435 g/mol. The quantitative estimate of drug-likeness (QED) is 0.573. The Hall–Kier alpha value is -1.96. The van der Waals surface area contributed by atoms with Crippen LogP contribution in [0.3, 0.4) is 0 Å². The number of ether oxygens (including phenoxy) is 1. The van der Waals surface area contributed by atoms with Crippen LogP contribution >= 0.6 is 38.6 Å². The number of benzene rings is 1. The van der Waals surface area contributed by atoms with E-state index in [2.05, 4.69) is 21.2 Å². The molecular formula is C18H14BrNO3S2. The zero-order valence-corrected chi connectivity index (χ0v) is 16.2. The lowest BCUT2D eigenvalue weighted by Crippen LogP contribution is -2.32. The highest BCUT2D eigenvalue weighted by atomic mass is 79.9. The first-order chi connectivity index (χ1) is 12.1. The topological polar surface area (TPSA) is 55.4 Å². The molecule has 1 aromatic carbocycles. The number of nitrogens with one attached hydrogen (secondary N) is 1. The average molecular weight is 436 g/mol. The Bertz CT molecular complexity index is 846. The second-order valence-corrected chi connectivity index (χ2v) is 8.55. The van der Waals surface area contributed by atoms with Crippen molar-refractivity contribution in [3.05, 3.63) is 79.1 Å². The second kappa shape index (κ2) is 8.42. The maximum atomic E-state index is 12.3. The lowest BCUT2D eigenvalue weighted by atomic mass is 10.1.